The standard InChI is InChI=1S/C18H36N2/c1-6-10-19-16-7-9-18(4,5)12-17(16)20-11-8-15(13-20)14(2)3/h14-17,19H,6-13H2,1-5H3. The number of nitrogens with one attached hydrogen (secondary N) is 1. The van der Waals surface area contributed by atoms with Crippen molar-refractivity contribution < 1.29 is 0 Å². The molecule has 1 aliphatic carbocycles. The van der Waals surface area contributed by atoms with Crippen molar-refractivity contribution in [2.45, 2.75) is 78.8 Å². The summed E-state index contributed by atoms with van der Waals surface area (Å²) < 4.78 is 0. The average molecular weight is 280 g/mol. The molecule has 1 saturated heterocycles. The van der Waals surface area contributed by atoms with Crippen LogP contribution in [0.4, 0.5) is 0 Å². The van der Waals surface area contributed by atoms with Crippen LogP contribution in [0.2, 0.25) is 0 Å². The Kier molecular flexibility index (Phi) is 5.53. The molecule has 0 aromatic carbocycles. The molecule has 2 heteroatoms. The number of hydrogen-bond donors (Lipinski definition) is 1. The zero-order valence-electron chi connectivity index (χ0n) is 14.4. The molecule has 1 aliphatic heterocycles. The largest absolute Gasteiger partial charge is 0.312 e. The first-order valence-corrected chi connectivity index (χ1v) is 8.90. The third-order valence-corrected chi connectivity index (χ3v) is 5.68. The highest BCUT2D eigenvalue weighted by Crippen LogP contribution is 2.39. The minimum absolute atomic E-state index is 0.533. The first-order chi connectivity index (χ1) is 9.43. The van der Waals surface area contributed by atoms with Gasteiger partial charge in [-0.05, 0) is 62.4 Å². The minimum Gasteiger partial charge on any atom is -0.312 e. The summed E-state index contributed by atoms with van der Waals surface area (Å²) in [5, 5.41) is 3.84. The van der Waals surface area contributed by atoms with Gasteiger partial charge in [-0.15, -0.1) is 0 Å². The van der Waals surface area contributed by atoms with Crippen molar-refractivity contribution in [1.82, 2.24) is 10.2 Å². The van der Waals surface area contributed by atoms with E-state index in [0.29, 0.717) is 5.41 Å². The molecular formula is C18H36N2. The molecule has 3 unspecified atom stereocenters. The van der Waals surface area contributed by atoms with E-state index in [1.165, 1.54) is 51.7 Å². The van der Waals surface area contributed by atoms with Crippen LogP contribution in [-0.4, -0.2) is 36.6 Å². The van der Waals surface area contributed by atoms with Crippen LogP contribution >= 0.6 is 0 Å². The Morgan fingerprint density at radius 1 is 1.25 bits per heavy atom. The maximum atomic E-state index is 3.84. The van der Waals surface area contributed by atoms with E-state index in [1.807, 2.05) is 0 Å². The summed E-state index contributed by atoms with van der Waals surface area (Å²) in [6, 6.07) is 1.50. The molecule has 0 amide bonds. The van der Waals surface area contributed by atoms with Crippen molar-refractivity contribution in [1.29, 1.82) is 0 Å². The SMILES string of the molecule is CCCNC1CCC(C)(C)CC1N1CCC(C(C)C)C1. The zero-order chi connectivity index (χ0) is 14.8. The van der Waals surface area contributed by atoms with Crippen molar-refractivity contribution in [3.63, 3.8) is 0 Å². The molecule has 2 rings (SSSR count). The lowest BCUT2D eigenvalue weighted by Crippen LogP contribution is -2.54. The topological polar surface area (TPSA) is 15.3 Å². The fourth-order valence-corrected chi connectivity index (χ4v) is 4.16. The Bertz CT molecular complexity index is 298. The van der Waals surface area contributed by atoms with E-state index in [-0.39, 0.29) is 0 Å². The fraction of sp³-hybridized carbons (Fsp3) is 1.00. The highest BCUT2D eigenvalue weighted by molar-refractivity contribution is 4.96. The van der Waals surface area contributed by atoms with E-state index >= 15 is 0 Å². The van der Waals surface area contributed by atoms with E-state index in [9.17, 15) is 0 Å². The van der Waals surface area contributed by atoms with Crippen LogP contribution in [0.15, 0.2) is 0 Å². The van der Waals surface area contributed by atoms with Crippen molar-refractivity contribution in [3.05, 3.63) is 0 Å². The molecule has 118 valence electrons. The lowest BCUT2D eigenvalue weighted by molar-refractivity contribution is 0.0768. The smallest absolute Gasteiger partial charge is 0.0254 e. The van der Waals surface area contributed by atoms with Crippen LogP contribution in [0.3, 0.4) is 0 Å². The van der Waals surface area contributed by atoms with Crippen molar-refractivity contribution in [3.8, 4) is 0 Å². The molecule has 2 nitrogen and oxygen atoms in total. The first kappa shape index (κ1) is 16.3. The lowest BCUT2D eigenvalue weighted by Gasteiger charge is -2.45. The molecule has 2 aliphatic rings. The summed E-state index contributed by atoms with van der Waals surface area (Å²) in [6.45, 7) is 15.8. The number of hydrogen-bond acceptors (Lipinski definition) is 2. The predicted molar refractivity (Wildman–Crippen MR) is 88.0 cm³/mol. The number of rotatable bonds is 5. The molecule has 0 aromatic rings. The zero-order valence-corrected chi connectivity index (χ0v) is 14.4. The molecule has 1 N–H and O–H groups in total. The van der Waals surface area contributed by atoms with Crippen LogP contribution in [0.25, 0.3) is 0 Å². The maximum Gasteiger partial charge on any atom is 0.0254 e. The summed E-state index contributed by atoms with van der Waals surface area (Å²) in [5.41, 5.74) is 0.533. The van der Waals surface area contributed by atoms with Gasteiger partial charge in [-0.1, -0.05) is 34.6 Å². The summed E-state index contributed by atoms with van der Waals surface area (Å²) in [5.74, 6) is 1.77. The Morgan fingerprint density at radius 2 is 2.00 bits per heavy atom. The Morgan fingerprint density at radius 3 is 2.60 bits per heavy atom. The van der Waals surface area contributed by atoms with Crippen LogP contribution in [0.1, 0.15) is 66.7 Å². The van der Waals surface area contributed by atoms with Gasteiger partial charge in [0, 0.05) is 18.6 Å². The molecule has 3 atom stereocenters. The molecular weight excluding hydrogens is 244 g/mol. The Hall–Kier alpha value is -0.0800. The molecule has 1 heterocycles. The normalized spacial score (nSPS) is 34.8. The van der Waals surface area contributed by atoms with Gasteiger partial charge >= 0.3 is 0 Å². The Labute approximate surface area is 126 Å². The van der Waals surface area contributed by atoms with E-state index in [4.69, 9.17) is 0 Å². The van der Waals surface area contributed by atoms with Gasteiger partial charge in [-0.3, -0.25) is 4.90 Å². The minimum atomic E-state index is 0.533. The quantitative estimate of drug-likeness (QED) is 0.821. The summed E-state index contributed by atoms with van der Waals surface area (Å²) in [4.78, 5) is 2.82. The van der Waals surface area contributed by atoms with Gasteiger partial charge in [-0.25, -0.2) is 0 Å². The highest BCUT2D eigenvalue weighted by Gasteiger charge is 2.40. The number of likely N-dealkylation sites (tertiary alicyclic amines) is 1. The molecule has 0 aromatic heterocycles. The maximum absolute atomic E-state index is 3.84. The molecule has 1 saturated carbocycles. The van der Waals surface area contributed by atoms with Gasteiger partial charge < -0.3 is 5.32 Å². The fourth-order valence-electron chi connectivity index (χ4n) is 4.16. The van der Waals surface area contributed by atoms with Crippen molar-refractivity contribution in [2.24, 2.45) is 17.3 Å². The van der Waals surface area contributed by atoms with Crippen LogP contribution in [0, 0.1) is 17.3 Å². The Balaban J connectivity index is 2.00. The second-order valence-corrected chi connectivity index (χ2v) is 8.32. The van der Waals surface area contributed by atoms with Gasteiger partial charge in [-0.2, -0.15) is 0 Å². The van der Waals surface area contributed by atoms with E-state index in [1.54, 1.807) is 0 Å². The molecule has 0 radical (unpaired) electrons. The van der Waals surface area contributed by atoms with Crippen LogP contribution < -0.4 is 5.32 Å². The molecule has 20 heavy (non-hydrogen) atoms. The van der Waals surface area contributed by atoms with Gasteiger partial charge in [0.15, 0.2) is 0 Å². The molecule has 0 bridgehead atoms. The van der Waals surface area contributed by atoms with Crippen LogP contribution in [-0.2, 0) is 0 Å². The van der Waals surface area contributed by atoms with Crippen molar-refractivity contribution in [2.75, 3.05) is 19.6 Å². The third-order valence-electron chi connectivity index (χ3n) is 5.68. The van der Waals surface area contributed by atoms with Gasteiger partial charge in [0.1, 0.15) is 0 Å². The molecule has 2 fully saturated rings. The van der Waals surface area contributed by atoms with Gasteiger partial charge in [0.05, 0.1) is 0 Å². The predicted octanol–water partition coefficient (Wildman–Crippen LogP) is 3.91. The lowest BCUT2D eigenvalue weighted by atomic mass is 9.72. The second-order valence-electron chi connectivity index (χ2n) is 8.32. The van der Waals surface area contributed by atoms with Gasteiger partial charge in [0.25, 0.3) is 0 Å². The monoisotopic (exact) mass is 280 g/mol. The van der Waals surface area contributed by atoms with E-state index in [0.717, 1.165) is 23.9 Å². The first-order valence-electron chi connectivity index (χ1n) is 8.90. The van der Waals surface area contributed by atoms with Crippen molar-refractivity contribution >= 4 is 0 Å². The number of nitrogens with zero attached hydrogens (tertiary/aromatic N) is 1. The highest BCUT2D eigenvalue weighted by atomic mass is 15.2. The van der Waals surface area contributed by atoms with E-state index in [2.05, 4.69) is 44.8 Å². The summed E-state index contributed by atoms with van der Waals surface area (Å²) >= 11 is 0. The van der Waals surface area contributed by atoms with E-state index < -0.39 is 0 Å². The van der Waals surface area contributed by atoms with Gasteiger partial charge in [0.2, 0.25) is 0 Å². The summed E-state index contributed by atoms with van der Waals surface area (Å²) in [7, 11) is 0. The second kappa shape index (κ2) is 6.79. The summed E-state index contributed by atoms with van der Waals surface area (Å²) in [6.07, 6.45) is 6.78. The molecule has 0 spiro atoms. The third kappa shape index (κ3) is 3.98. The van der Waals surface area contributed by atoms with Crippen LogP contribution in [0.5, 0.6) is 0 Å². The average Bonchev–Trinajstić information content (AvgIpc) is 2.86.